The first-order valence-electron chi connectivity index (χ1n) is 5.47. The fourth-order valence-corrected chi connectivity index (χ4v) is 1.68. The van der Waals surface area contributed by atoms with E-state index in [0.29, 0.717) is 23.9 Å². The Kier molecular flexibility index (Phi) is 3.27. The lowest BCUT2D eigenvalue weighted by Crippen LogP contribution is -2.04. The molecule has 0 saturated carbocycles. The number of aromatic nitrogens is 1. The van der Waals surface area contributed by atoms with Crippen LogP contribution >= 0.6 is 0 Å². The van der Waals surface area contributed by atoms with Gasteiger partial charge in [-0.3, -0.25) is 10.1 Å². The maximum atomic E-state index is 10.9. The van der Waals surface area contributed by atoms with Gasteiger partial charge in [0, 0.05) is 6.07 Å². The normalized spacial score (nSPS) is 10.3. The molecule has 0 spiro atoms. The van der Waals surface area contributed by atoms with E-state index >= 15 is 0 Å². The lowest BCUT2D eigenvalue weighted by Gasteiger charge is -2.07. The van der Waals surface area contributed by atoms with Gasteiger partial charge in [0.25, 0.3) is 5.69 Å². The molecule has 0 aliphatic rings. The Morgan fingerprint density at radius 2 is 2.22 bits per heavy atom. The average Bonchev–Trinajstić information content (AvgIpc) is 2.73. The molecule has 0 bridgehead atoms. The summed E-state index contributed by atoms with van der Waals surface area (Å²) in [5, 5.41) is 13.9. The average molecular weight is 247 g/mol. The Morgan fingerprint density at radius 3 is 2.83 bits per heavy atom. The molecule has 0 saturated heterocycles. The molecule has 2 rings (SSSR count). The van der Waals surface area contributed by atoms with Gasteiger partial charge in [0.15, 0.2) is 0 Å². The number of aryl methyl sites for hydroxylation is 2. The molecule has 6 heteroatoms. The molecule has 1 aromatic heterocycles. The van der Waals surface area contributed by atoms with Gasteiger partial charge < -0.3 is 9.73 Å². The monoisotopic (exact) mass is 247 g/mol. The zero-order valence-corrected chi connectivity index (χ0v) is 10.1. The third-order valence-corrected chi connectivity index (χ3v) is 2.53. The van der Waals surface area contributed by atoms with Gasteiger partial charge in [0.2, 0.25) is 5.89 Å². The molecular formula is C12H13N3O3. The SMILES string of the molecule is Cc1cnc(CNc2c(C)cccc2[N+](=O)[O-])o1. The first-order chi connectivity index (χ1) is 8.58. The van der Waals surface area contributed by atoms with Gasteiger partial charge in [-0.05, 0) is 19.4 Å². The Labute approximate surface area is 104 Å². The van der Waals surface area contributed by atoms with Gasteiger partial charge in [0.05, 0.1) is 17.7 Å². The van der Waals surface area contributed by atoms with E-state index in [0.717, 1.165) is 5.56 Å². The number of nitrogens with one attached hydrogen (secondary N) is 1. The van der Waals surface area contributed by atoms with Crippen LogP contribution in [0.3, 0.4) is 0 Å². The zero-order valence-electron chi connectivity index (χ0n) is 10.1. The van der Waals surface area contributed by atoms with Crippen LogP contribution in [0.15, 0.2) is 28.8 Å². The minimum absolute atomic E-state index is 0.0540. The Hall–Kier alpha value is -2.37. The van der Waals surface area contributed by atoms with Gasteiger partial charge >= 0.3 is 0 Å². The van der Waals surface area contributed by atoms with Crippen LogP contribution in [0.2, 0.25) is 0 Å². The van der Waals surface area contributed by atoms with Crippen LogP contribution < -0.4 is 5.32 Å². The summed E-state index contributed by atoms with van der Waals surface area (Å²) < 4.78 is 5.30. The molecule has 0 aliphatic heterocycles. The molecule has 2 aromatic rings. The second-order valence-corrected chi connectivity index (χ2v) is 3.94. The van der Waals surface area contributed by atoms with E-state index in [2.05, 4.69) is 10.3 Å². The molecule has 0 radical (unpaired) electrons. The second-order valence-electron chi connectivity index (χ2n) is 3.94. The maximum Gasteiger partial charge on any atom is 0.292 e. The molecule has 0 atom stereocenters. The van der Waals surface area contributed by atoms with Gasteiger partial charge in [-0.2, -0.15) is 0 Å². The van der Waals surface area contributed by atoms with Crippen LogP contribution in [-0.2, 0) is 6.54 Å². The topological polar surface area (TPSA) is 81.2 Å². The minimum atomic E-state index is -0.407. The lowest BCUT2D eigenvalue weighted by atomic mass is 10.1. The predicted molar refractivity (Wildman–Crippen MR) is 66.4 cm³/mol. The highest BCUT2D eigenvalue weighted by atomic mass is 16.6. The quantitative estimate of drug-likeness (QED) is 0.663. The molecule has 0 aliphatic carbocycles. The summed E-state index contributed by atoms with van der Waals surface area (Å²) in [6.45, 7) is 3.93. The van der Waals surface area contributed by atoms with Gasteiger partial charge in [-0.1, -0.05) is 12.1 Å². The van der Waals surface area contributed by atoms with Crippen LogP contribution in [0.5, 0.6) is 0 Å². The molecule has 1 heterocycles. The third kappa shape index (κ3) is 2.48. The van der Waals surface area contributed by atoms with Crippen molar-refractivity contribution in [1.82, 2.24) is 4.98 Å². The molecule has 6 nitrogen and oxygen atoms in total. The van der Waals surface area contributed by atoms with Crippen molar-refractivity contribution in [2.24, 2.45) is 0 Å². The molecule has 18 heavy (non-hydrogen) atoms. The van der Waals surface area contributed by atoms with Gasteiger partial charge in [-0.25, -0.2) is 4.98 Å². The van der Waals surface area contributed by atoms with E-state index < -0.39 is 4.92 Å². The summed E-state index contributed by atoms with van der Waals surface area (Å²) >= 11 is 0. The summed E-state index contributed by atoms with van der Waals surface area (Å²) in [7, 11) is 0. The lowest BCUT2D eigenvalue weighted by molar-refractivity contribution is -0.384. The van der Waals surface area contributed by atoms with Gasteiger partial charge in [-0.15, -0.1) is 0 Å². The Balaban J connectivity index is 2.20. The molecule has 0 unspecified atom stereocenters. The standard InChI is InChI=1S/C12H13N3O3/c1-8-4-3-5-10(15(16)17)12(8)14-7-11-13-6-9(2)18-11/h3-6,14H,7H2,1-2H3. The number of hydrogen-bond donors (Lipinski definition) is 1. The van der Waals surface area contributed by atoms with Crippen LogP contribution in [0.1, 0.15) is 17.2 Å². The number of nitrogens with zero attached hydrogens (tertiary/aromatic N) is 2. The summed E-state index contributed by atoms with van der Waals surface area (Å²) in [6.07, 6.45) is 1.61. The third-order valence-electron chi connectivity index (χ3n) is 2.53. The fourth-order valence-electron chi connectivity index (χ4n) is 1.68. The van der Waals surface area contributed by atoms with E-state index in [9.17, 15) is 10.1 Å². The highest BCUT2D eigenvalue weighted by Crippen LogP contribution is 2.27. The van der Waals surface area contributed by atoms with E-state index in [-0.39, 0.29) is 5.69 Å². The molecule has 1 N–H and O–H groups in total. The predicted octanol–water partition coefficient (Wildman–Crippen LogP) is 2.81. The zero-order chi connectivity index (χ0) is 13.1. The van der Waals surface area contributed by atoms with Crippen molar-refractivity contribution in [2.45, 2.75) is 20.4 Å². The minimum Gasteiger partial charge on any atom is -0.444 e. The van der Waals surface area contributed by atoms with E-state index in [4.69, 9.17) is 4.42 Å². The summed E-state index contributed by atoms with van der Waals surface area (Å²) in [5.74, 6) is 1.22. The number of nitro groups is 1. The van der Waals surface area contributed by atoms with Crippen molar-refractivity contribution in [2.75, 3.05) is 5.32 Å². The summed E-state index contributed by atoms with van der Waals surface area (Å²) in [6, 6.07) is 4.94. The summed E-state index contributed by atoms with van der Waals surface area (Å²) in [5.41, 5.74) is 1.36. The van der Waals surface area contributed by atoms with Crippen molar-refractivity contribution in [3.63, 3.8) is 0 Å². The van der Waals surface area contributed by atoms with Crippen molar-refractivity contribution in [3.8, 4) is 0 Å². The van der Waals surface area contributed by atoms with Crippen molar-refractivity contribution in [3.05, 3.63) is 51.7 Å². The molecule has 94 valence electrons. The molecular weight excluding hydrogens is 234 g/mol. The number of nitro benzene ring substituents is 1. The highest BCUT2D eigenvalue weighted by molar-refractivity contribution is 5.65. The number of benzene rings is 1. The first-order valence-corrected chi connectivity index (χ1v) is 5.47. The molecule has 0 amide bonds. The van der Waals surface area contributed by atoms with Gasteiger partial charge in [0.1, 0.15) is 11.4 Å². The maximum absolute atomic E-state index is 10.9. The van der Waals surface area contributed by atoms with Crippen LogP contribution in [0.4, 0.5) is 11.4 Å². The molecule has 0 fully saturated rings. The Morgan fingerprint density at radius 1 is 1.44 bits per heavy atom. The summed E-state index contributed by atoms with van der Waals surface area (Å²) in [4.78, 5) is 14.5. The fraction of sp³-hybridized carbons (Fsp3) is 0.250. The molecule has 1 aromatic carbocycles. The second kappa shape index (κ2) is 4.87. The van der Waals surface area contributed by atoms with Crippen LogP contribution in [0, 0.1) is 24.0 Å². The van der Waals surface area contributed by atoms with Crippen molar-refractivity contribution >= 4 is 11.4 Å². The first kappa shape index (κ1) is 12.1. The number of para-hydroxylation sites is 1. The smallest absolute Gasteiger partial charge is 0.292 e. The van der Waals surface area contributed by atoms with E-state index in [1.54, 1.807) is 19.2 Å². The van der Waals surface area contributed by atoms with Crippen LogP contribution in [0.25, 0.3) is 0 Å². The Bertz CT molecular complexity index is 578. The van der Waals surface area contributed by atoms with Crippen LogP contribution in [-0.4, -0.2) is 9.91 Å². The van der Waals surface area contributed by atoms with Crippen molar-refractivity contribution in [1.29, 1.82) is 0 Å². The number of hydrogen-bond acceptors (Lipinski definition) is 5. The number of anilines is 1. The van der Waals surface area contributed by atoms with E-state index in [1.807, 2.05) is 13.0 Å². The largest absolute Gasteiger partial charge is 0.444 e. The number of oxazole rings is 1. The van der Waals surface area contributed by atoms with E-state index in [1.165, 1.54) is 6.07 Å². The van der Waals surface area contributed by atoms with Crippen molar-refractivity contribution < 1.29 is 9.34 Å². The number of rotatable bonds is 4. The highest BCUT2D eigenvalue weighted by Gasteiger charge is 2.15.